The standard InChI is InChI=1S/C14H29NO4/c1-12(2)18-8-7-17-10-13(16)9-15-11-14(3)5-4-6-19-14/h12-13,15-16H,4-11H2,1-3H3. The summed E-state index contributed by atoms with van der Waals surface area (Å²) in [5, 5.41) is 13.0. The van der Waals surface area contributed by atoms with Crippen molar-refractivity contribution in [2.45, 2.75) is 51.4 Å². The normalized spacial score (nSPS) is 25.1. The number of ether oxygens (including phenoxy) is 3. The van der Waals surface area contributed by atoms with Crippen LogP contribution in [0.25, 0.3) is 0 Å². The van der Waals surface area contributed by atoms with E-state index in [1.165, 1.54) is 0 Å². The van der Waals surface area contributed by atoms with Crippen molar-refractivity contribution < 1.29 is 19.3 Å². The Hall–Kier alpha value is -0.200. The van der Waals surface area contributed by atoms with Gasteiger partial charge >= 0.3 is 0 Å². The summed E-state index contributed by atoms with van der Waals surface area (Å²) in [6.45, 7) is 9.68. The van der Waals surface area contributed by atoms with Crippen LogP contribution < -0.4 is 5.32 Å². The Bertz CT molecular complexity index is 229. The second-order valence-corrected chi connectivity index (χ2v) is 5.68. The van der Waals surface area contributed by atoms with Crippen molar-refractivity contribution in [3.8, 4) is 0 Å². The van der Waals surface area contributed by atoms with Gasteiger partial charge in [-0.2, -0.15) is 0 Å². The monoisotopic (exact) mass is 275 g/mol. The van der Waals surface area contributed by atoms with Gasteiger partial charge in [0, 0.05) is 19.7 Å². The van der Waals surface area contributed by atoms with Crippen molar-refractivity contribution in [3.05, 3.63) is 0 Å². The second-order valence-electron chi connectivity index (χ2n) is 5.68. The van der Waals surface area contributed by atoms with Gasteiger partial charge in [0.05, 0.1) is 37.6 Å². The van der Waals surface area contributed by atoms with Crippen LogP contribution >= 0.6 is 0 Å². The quantitative estimate of drug-likeness (QED) is 0.581. The molecule has 0 radical (unpaired) electrons. The number of rotatable bonds is 10. The van der Waals surface area contributed by atoms with Crippen LogP contribution in [-0.4, -0.2) is 62.4 Å². The molecule has 0 aromatic carbocycles. The van der Waals surface area contributed by atoms with Gasteiger partial charge in [-0.3, -0.25) is 0 Å². The van der Waals surface area contributed by atoms with Crippen LogP contribution in [-0.2, 0) is 14.2 Å². The molecule has 0 amide bonds. The van der Waals surface area contributed by atoms with Crippen molar-refractivity contribution in [1.29, 1.82) is 0 Å². The van der Waals surface area contributed by atoms with Gasteiger partial charge in [-0.15, -0.1) is 0 Å². The molecule has 5 nitrogen and oxygen atoms in total. The summed E-state index contributed by atoms with van der Waals surface area (Å²) < 4.78 is 16.4. The van der Waals surface area contributed by atoms with E-state index in [4.69, 9.17) is 14.2 Å². The molecule has 0 bridgehead atoms. The molecule has 0 aromatic heterocycles. The van der Waals surface area contributed by atoms with Crippen LogP contribution in [0.3, 0.4) is 0 Å². The van der Waals surface area contributed by atoms with Crippen LogP contribution in [0, 0.1) is 0 Å². The topological polar surface area (TPSA) is 60.0 Å². The maximum Gasteiger partial charge on any atom is 0.0897 e. The van der Waals surface area contributed by atoms with E-state index in [0.29, 0.717) is 26.4 Å². The summed E-state index contributed by atoms with van der Waals surface area (Å²) in [5.41, 5.74) is -0.0638. The van der Waals surface area contributed by atoms with E-state index in [9.17, 15) is 5.11 Å². The molecule has 1 heterocycles. The fraction of sp³-hybridized carbons (Fsp3) is 1.00. The third-order valence-corrected chi connectivity index (χ3v) is 3.17. The minimum atomic E-state index is -0.482. The molecule has 1 fully saturated rings. The van der Waals surface area contributed by atoms with E-state index < -0.39 is 6.10 Å². The lowest BCUT2D eigenvalue weighted by molar-refractivity contribution is -0.0135. The molecular formula is C14H29NO4. The Balaban J connectivity index is 1.94. The van der Waals surface area contributed by atoms with Crippen molar-refractivity contribution in [3.63, 3.8) is 0 Å². The number of aliphatic hydroxyl groups is 1. The molecule has 0 saturated carbocycles. The fourth-order valence-corrected chi connectivity index (χ4v) is 2.10. The van der Waals surface area contributed by atoms with E-state index in [2.05, 4.69) is 12.2 Å². The van der Waals surface area contributed by atoms with E-state index >= 15 is 0 Å². The maximum absolute atomic E-state index is 9.75. The molecule has 1 saturated heterocycles. The number of hydrogen-bond donors (Lipinski definition) is 2. The summed E-state index contributed by atoms with van der Waals surface area (Å²) in [5.74, 6) is 0. The Kier molecular flexibility index (Phi) is 7.87. The van der Waals surface area contributed by atoms with Crippen LogP contribution in [0.2, 0.25) is 0 Å². The molecule has 5 heteroatoms. The first-order valence-electron chi connectivity index (χ1n) is 7.24. The highest BCUT2D eigenvalue weighted by Gasteiger charge is 2.29. The van der Waals surface area contributed by atoms with Gasteiger partial charge < -0.3 is 24.6 Å². The van der Waals surface area contributed by atoms with Crippen LogP contribution in [0.5, 0.6) is 0 Å². The van der Waals surface area contributed by atoms with Crippen LogP contribution in [0.15, 0.2) is 0 Å². The molecule has 0 aromatic rings. The minimum Gasteiger partial charge on any atom is -0.389 e. The third kappa shape index (κ3) is 7.84. The van der Waals surface area contributed by atoms with E-state index in [1.54, 1.807) is 0 Å². The molecule has 1 aliphatic rings. The summed E-state index contributed by atoms with van der Waals surface area (Å²) in [6, 6.07) is 0. The zero-order valence-corrected chi connectivity index (χ0v) is 12.5. The van der Waals surface area contributed by atoms with Gasteiger partial charge in [-0.05, 0) is 33.6 Å². The van der Waals surface area contributed by atoms with Gasteiger partial charge in [-0.25, -0.2) is 0 Å². The van der Waals surface area contributed by atoms with Crippen molar-refractivity contribution in [2.24, 2.45) is 0 Å². The predicted octanol–water partition coefficient (Wildman–Crippen LogP) is 0.948. The number of hydrogen-bond acceptors (Lipinski definition) is 5. The van der Waals surface area contributed by atoms with Crippen LogP contribution in [0.1, 0.15) is 33.6 Å². The van der Waals surface area contributed by atoms with Crippen LogP contribution in [0.4, 0.5) is 0 Å². The molecule has 1 aliphatic heterocycles. The summed E-state index contributed by atoms with van der Waals surface area (Å²) in [7, 11) is 0. The lowest BCUT2D eigenvalue weighted by Crippen LogP contribution is -2.41. The molecule has 0 aliphatic carbocycles. The average Bonchev–Trinajstić information content (AvgIpc) is 2.75. The fourth-order valence-electron chi connectivity index (χ4n) is 2.10. The van der Waals surface area contributed by atoms with Crippen molar-refractivity contribution in [1.82, 2.24) is 5.32 Å². The van der Waals surface area contributed by atoms with Crippen molar-refractivity contribution >= 4 is 0 Å². The number of aliphatic hydroxyl groups excluding tert-OH is 1. The van der Waals surface area contributed by atoms with E-state index in [-0.39, 0.29) is 11.7 Å². The van der Waals surface area contributed by atoms with Gasteiger partial charge in [0.2, 0.25) is 0 Å². The zero-order chi connectivity index (χ0) is 14.1. The Morgan fingerprint density at radius 3 is 2.79 bits per heavy atom. The van der Waals surface area contributed by atoms with Gasteiger partial charge in [-0.1, -0.05) is 0 Å². The summed E-state index contributed by atoms with van der Waals surface area (Å²) in [4.78, 5) is 0. The molecule has 2 unspecified atom stereocenters. The Morgan fingerprint density at radius 1 is 1.37 bits per heavy atom. The highest BCUT2D eigenvalue weighted by Crippen LogP contribution is 2.23. The Labute approximate surface area is 116 Å². The highest BCUT2D eigenvalue weighted by atomic mass is 16.5. The molecule has 19 heavy (non-hydrogen) atoms. The Morgan fingerprint density at radius 2 is 2.16 bits per heavy atom. The summed E-state index contributed by atoms with van der Waals surface area (Å²) in [6.07, 6.45) is 1.95. The first-order chi connectivity index (χ1) is 9.02. The minimum absolute atomic E-state index is 0.0638. The highest BCUT2D eigenvalue weighted by molar-refractivity contribution is 4.82. The van der Waals surface area contributed by atoms with Gasteiger partial charge in [0.1, 0.15) is 0 Å². The molecular weight excluding hydrogens is 246 g/mol. The van der Waals surface area contributed by atoms with Gasteiger partial charge in [0.25, 0.3) is 0 Å². The zero-order valence-electron chi connectivity index (χ0n) is 12.5. The van der Waals surface area contributed by atoms with E-state index in [0.717, 1.165) is 26.0 Å². The maximum atomic E-state index is 9.75. The second kappa shape index (κ2) is 8.87. The number of nitrogens with one attached hydrogen (secondary N) is 1. The van der Waals surface area contributed by atoms with E-state index in [1.807, 2.05) is 13.8 Å². The molecule has 0 spiro atoms. The lowest BCUT2D eigenvalue weighted by Gasteiger charge is -2.24. The average molecular weight is 275 g/mol. The summed E-state index contributed by atoms with van der Waals surface area (Å²) >= 11 is 0. The largest absolute Gasteiger partial charge is 0.389 e. The molecule has 2 atom stereocenters. The first kappa shape index (κ1) is 16.9. The molecule has 2 N–H and O–H groups in total. The molecule has 114 valence electrons. The lowest BCUT2D eigenvalue weighted by atomic mass is 10.0. The third-order valence-electron chi connectivity index (χ3n) is 3.17. The molecule has 1 rings (SSSR count). The first-order valence-corrected chi connectivity index (χ1v) is 7.24. The SMILES string of the molecule is CC(C)OCCOCC(O)CNCC1(C)CCCO1. The predicted molar refractivity (Wildman–Crippen MR) is 74.4 cm³/mol. The van der Waals surface area contributed by atoms with Crippen molar-refractivity contribution in [2.75, 3.05) is 39.5 Å². The smallest absolute Gasteiger partial charge is 0.0897 e. The van der Waals surface area contributed by atoms with Gasteiger partial charge in [0.15, 0.2) is 0 Å².